The van der Waals surface area contributed by atoms with Crippen molar-refractivity contribution in [2.24, 2.45) is 5.41 Å². The third kappa shape index (κ3) is 2.66. The van der Waals surface area contributed by atoms with Gasteiger partial charge in [-0.2, -0.15) is 0 Å². The number of hydrogen-bond donors (Lipinski definition) is 0. The Morgan fingerprint density at radius 1 is 1.35 bits per heavy atom. The van der Waals surface area contributed by atoms with Gasteiger partial charge < -0.3 is 0 Å². The molecule has 3 aromatic rings. The molecule has 0 aromatic carbocycles. The van der Waals surface area contributed by atoms with Crippen molar-refractivity contribution < 1.29 is 8.42 Å². The van der Waals surface area contributed by atoms with Gasteiger partial charge in [0.2, 0.25) is 0 Å². The molecule has 0 saturated heterocycles. The molecule has 0 N–H and O–H groups in total. The second-order valence-electron chi connectivity index (χ2n) is 6.38. The van der Waals surface area contributed by atoms with E-state index in [1.165, 1.54) is 23.9 Å². The van der Waals surface area contributed by atoms with Crippen LogP contribution in [0.1, 0.15) is 12.8 Å². The van der Waals surface area contributed by atoms with E-state index in [-0.39, 0.29) is 16.7 Å². The van der Waals surface area contributed by atoms with Gasteiger partial charge >= 0.3 is 0 Å². The molecule has 0 aliphatic heterocycles. The molecule has 23 heavy (non-hydrogen) atoms. The van der Waals surface area contributed by atoms with Crippen molar-refractivity contribution in [1.29, 1.82) is 0 Å². The number of fused-ring (bicyclic) bond motifs is 3. The van der Waals surface area contributed by atoms with Crippen molar-refractivity contribution in [3.8, 4) is 0 Å². The van der Waals surface area contributed by atoms with Crippen LogP contribution in [0.25, 0.3) is 20.4 Å². The molecule has 1 aliphatic carbocycles. The number of aromatic nitrogens is 3. The zero-order chi connectivity index (χ0) is 16.2. The summed E-state index contributed by atoms with van der Waals surface area (Å²) >= 11 is 1.34. The van der Waals surface area contributed by atoms with E-state index in [1.807, 2.05) is 12.1 Å². The minimum absolute atomic E-state index is 0.113. The summed E-state index contributed by atoms with van der Waals surface area (Å²) in [6.07, 6.45) is 6.14. The number of pyridine rings is 1. The predicted molar refractivity (Wildman–Crippen MR) is 90.6 cm³/mol. The van der Waals surface area contributed by atoms with Gasteiger partial charge in [-0.05, 0) is 25.0 Å². The summed E-state index contributed by atoms with van der Waals surface area (Å²) in [5.41, 5.74) is 0.256. The Morgan fingerprint density at radius 2 is 2.13 bits per heavy atom. The molecule has 1 aliphatic rings. The summed E-state index contributed by atoms with van der Waals surface area (Å²) in [6, 6.07) is 3.73. The lowest BCUT2D eigenvalue weighted by Gasteiger charge is -2.15. The largest absolute Gasteiger partial charge is 0.297 e. The molecule has 8 heteroatoms. The average molecular weight is 349 g/mol. The first-order valence-electron chi connectivity index (χ1n) is 7.27. The molecule has 0 unspecified atom stereocenters. The molecule has 4 rings (SSSR count). The van der Waals surface area contributed by atoms with E-state index in [0.29, 0.717) is 16.8 Å². The monoisotopic (exact) mass is 349 g/mol. The Labute approximate surface area is 136 Å². The van der Waals surface area contributed by atoms with Crippen molar-refractivity contribution >= 4 is 41.6 Å². The smallest absolute Gasteiger partial charge is 0.271 e. The van der Waals surface area contributed by atoms with Crippen LogP contribution in [0.15, 0.2) is 29.5 Å². The van der Waals surface area contributed by atoms with E-state index >= 15 is 0 Å². The number of rotatable bonds is 4. The average Bonchev–Trinajstić information content (AvgIpc) is 3.10. The summed E-state index contributed by atoms with van der Waals surface area (Å²) in [5, 5.41) is 0.883. The lowest BCUT2D eigenvalue weighted by Crippen LogP contribution is -2.28. The van der Waals surface area contributed by atoms with E-state index < -0.39 is 9.84 Å². The predicted octanol–water partition coefficient (Wildman–Crippen LogP) is 1.83. The van der Waals surface area contributed by atoms with E-state index in [4.69, 9.17) is 0 Å². The quantitative estimate of drug-likeness (QED) is 0.718. The van der Waals surface area contributed by atoms with Gasteiger partial charge in [0.25, 0.3) is 5.56 Å². The Hall–Kier alpha value is -1.80. The van der Waals surface area contributed by atoms with Gasteiger partial charge in [0, 0.05) is 29.8 Å². The lowest BCUT2D eigenvalue weighted by atomic mass is 10.1. The first-order valence-corrected chi connectivity index (χ1v) is 10.2. The molecule has 120 valence electrons. The van der Waals surface area contributed by atoms with Crippen molar-refractivity contribution in [2.75, 3.05) is 12.0 Å². The Balaban J connectivity index is 1.79. The fourth-order valence-electron chi connectivity index (χ4n) is 3.06. The topological polar surface area (TPSA) is 81.9 Å². The molecular formula is C15H15N3O3S2. The number of hydrogen-bond acceptors (Lipinski definition) is 6. The molecule has 3 aromatic heterocycles. The van der Waals surface area contributed by atoms with Crippen molar-refractivity contribution in [2.45, 2.75) is 19.4 Å². The van der Waals surface area contributed by atoms with Crippen LogP contribution in [-0.2, 0) is 16.4 Å². The molecule has 1 saturated carbocycles. The third-order valence-electron chi connectivity index (χ3n) is 4.25. The lowest BCUT2D eigenvalue weighted by molar-refractivity contribution is 0.450. The van der Waals surface area contributed by atoms with Gasteiger partial charge in [0.1, 0.15) is 19.4 Å². The van der Waals surface area contributed by atoms with E-state index in [0.717, 1.165) is 23.1 Å². The maximum absolute atomic E-state index is 12.7. The van der Waals surface area contributed by atoms with Gasteiger partial charge in [-0.3, -0.25) is 9.36 Å². The maximum Gasteiger partial charge on any atom is 0.271 e. The first kappa shape index (κ1) is 14.8. The van der Waals surface area contributed by atoms with Crippen LogP contribution in [0.5, 0.6) is 0 Å². The summed E-state index contributed by atoms with van der Waals surface area (Å²) in [7, 11) is -3.06. The van der Waals surface area contributed by atoms with E-state index in [9.17, 15) is 13.2 Å². The fraction of sp³-hybridized carbons (Fsp3) is 0.400. The Bertz CT molecular complexity index is 1080. The van der Waals surface area contributed by atoms with E-state index in [2.05, 4.69) is 9.97 Å². The highest BCUT2D eigenvalue weighted by atomic mass is 32.2. The summed E-state index contributed by atoms with van der Waals surface area (Å²) in [6.45, 7) is 0.406. The van der Waals surface area contributed by atoms with Crippen LogP contribution in [-0.4, -0.2) is 35.0 Å². The zero-order valence-corrected chi connectivity index (χ0v) is 14.2. The molecular weight excluding hydrogens is 334 g/mol. The van der Waals surface area contributed by atoms with E-state index in [1.54, 1.807) is 10.8 Å². The Kier molecular flexibility index (Phi) is 3.11. The van der Waals surface area contributed by atoms with Gasteiger partial charge in [0.15, 0.2) is 0 Å². The SMILES string of the molecule is CS(=O)(=O)CC1(Cn2cnc3c(sc4ncccc43)c2=O)CC1. The van der Waals surface area contributed by atoms with Crippen LogP contribution >= 0.6 is 11.3 Å². The molecule has 1 fully saturated rings. The molecule has 0 spiro atoms. The number of sulfone groups is 1. The second-order valence-corrected chi connectivity index (χ2v) is 9.52. The van der Waals surface area contributed by atoms with Gasteiger partial charge in [0.05, 0.1) is 17.6 Å². The normalized spacial score (nSPS) is 16.9. The van der Waals surface area contributed by atoms with Gasteiger partial charge in [-0.1, -0.05) is 0 Å². The zero-order valence-electron chi connectivity index (χ0n) is 12.5. The summed E-state index contributed by atoms with van der Waals surface area (Å²) < 4.78 is 25.3. The molecule has 0 bridgehead atoms. The minimum Gasteiger partial charge on any atom is -0.297 e. The Morgan fingerprint density at radius 3 is 2.83 bits per heavy atom. The highest BCUT2D eigenvalue weighted by Crippen LogP contribution is 2.48. The highest BCUT2D eigenvalue weighted by Gasteiger charge is 2.45. The highest BCUT2D eigenvalue weighted by molar-refractivity contribution is 7.90. The number of thiophene rings is 1. The summed E-state index contributed by atoms with van der Waals surface area (Å²) in [5.74, 6) is 0.123. The molecule has 3 heterocycles. The van der Waals surface area contributed by atoms with Crippen molar-refractivity contribution in [1.82, 2.24) is 14.5 Å². The van der Waals surface area contributed by atoms with Crippen LogP contribution in [0.3, 0.4) is 0 Å². The molecule has 0 atom stereocenters. The van der Waals surface area contributed by atoms with Crippen molar-refractivity contribution in [3.05, 3.63) is 35.0 Å². The number of nitrogens with zero attached hydrogens (tertiary/aromatic N) is 3. The first-order chi connectivity index (χ1) is 10.9. The van der Waals surface area contributed by atoms with Crippen LogP contribution < -0.4 is 5.56 Å². The van der Waals surface area contributed by atoms with Gasteiger partial charge in [-0.15, -0.1) is 11.3 Å². The van der Waals surface area contributed by atoms with Crippen LogP contribution in [0.2, 0.25) is 0 Å². The van der Waals surface area contributed by atoms with Crippen LogP contribution in [0, 0.1) is 5.41 Å². The standard InChI is InChI=1S/C15H15N3O3S2/c1-23(20,21)8-15(4-5-15)7-18-9-17-11-10-3-2-6-16-13(10)22-12(11)14(18)19/h2-3,6,9H,4-5,7-8H2,1H3. The molecule has 0 amide bonds. The molecule has 0 radical (unpaired) electrons. The minimum atomic E-state index is -3.06. The fourth-order valence-corrected chi connectivity index (χ4v) is 5.60. The third-order valence-corrected chi connectivity index (χ3v) is 6.48. The second kappa shape index (κ2) is 4.85. The molecule has 6 nitrogen and oxygen atoms in total. The van der Waals surface area contributed by atoms with Gasteiger partial charge in [-0.25, -0.2) is 18.4 Å². The maximum atomic E-state index is 12.7. The van der Waals surface area contributed by atoms with Crippen molar-refractivity contribution in [3.63, 3.8) is 0 Å². The van der Waals surface area contributed by atoms with Crippen LogP contribution in [0.4, 0.5) is 0 Å². The summed E-state index contributed by atoms with van der Waals surface area (Å²) in [4.78, 5) is 22.2.